The molecule has 2 rings (SSSR count). The summed E-state index contributed by atoms with van der Waals surface area (Å²) in [6.07, 6.45) is 0. The Morgan fingerprint density at radius 1 is 1.06 bits per heavy atom. The average molecular weight is 212 g/mol. The largest absolute Gasteiger partial charge is 0.399 e. The van der Waals surface area contributed by atoms with Crippen LogP contribution in [0.5, 0.6) is 0 Å². The van der Waals surface area contributed by atoms with Crippen LogP contribution >= 0.6 is 0 Å². The summed E-state index contributed by atoms with van der Waals surface area (Å²) in [6, 6.07) is 14.0. The van der Waals surface area contributed by atoms with Crippen LogP contribution in [0, 0.1) is 0 Å². The van der Waals surface area contributed by atoms with Crippen LogP contribution in [0.15, 0.2) is 42.5 Å². The highest BCUT2D eigenvalue weighted by Crippen LogP contribution is 2.23. The van der Waals surface area contributed by atoms with Crippen molar-refractivity contribution in [1.29, 1.82) is 0 Å². The van der Waals surface area contributed by atoms with Crippen LogP contribution in [-0.4, -0.2) is 4.98 Å². The van der Waals surface area contributed by atoms with Gasteiger partial charge in [-0.25, -0.2) is 0 Å². The standard InChI is InChI=1S/C14H16N2/c1-10(2)13-8-12(15)9-14(16-13)11-6-4-3-5-7-11/h3-10H,1-2H3,(H2,15,16). The molecule has 2 heteroatoms. The molecule has 2 aromatic rings. The first kappa shape index (κ1) is 10.7. The van der Waals surface area contributed by atoms with Crippen molar-refractivity contribution in [3.63, 3.8) is 0 Å². The number of hydrogen-bond acceptors (Lipinski definition) is 2. The van der Waals surface area contributed by atoms with Gasteiger partial charge in [-0.05, 0) is 18.1 Å². The van der Waals surface area contributed by atoms with E-state index < -0.39 is 0 Å². The number of nitrogens with two attached hydrogens (primary N) is 1. The molecule has 0 amide bonds. The monoisotopic (exact) mass is 212 g/mol. The van der Waals surface area contributed by atoms with Gasteiger partial charge in [0.1, 0.15) is 0 Å². The van der Waals surface area contributed by atoms with Crippen LogP contribution in [0.1, 0.15) is 25.5 Å². The Morgan fingerprint density at radius 2 is 1.75 bits per heavy atom. The molecule has 2 nitrogen and oxygen atoms in total. The van der Waals surface area contributed by atoms with Gasteiger partial charge in [0.15, 0.2) is 0 Å². The number of rotatable bonds is 2. The topological polar surface area (TPSA) is 38.9 Å². The number of nitrogens with zero attached hydrogens (tertiary/aromatic N) is 1. The van der Waals surface area contributed by atoms with E-state index >= 15 is 0 Å². The SMILES string of the molecule is CC(C)c1cc(N)cc(-c2ccccc2)n1. The molecule has 0 atom stereocenters. The normalized spacial score (nSPS) is 10.7. The summed E-state index contributed by atoms with van der Waals surface area (Å²) in [6.45, 7) is 4.24. The molecule has 0 aliphatic heterocycles. The van der Waals surface area contributed by atoms with E-state index in [1.165, 1.54) is 0 Å². The van der Waals surface area contributed by atoms with Crippen molar-refractivity contribution in [2.75, 3.05) is 5.73 Å². The lowest BCUT2D eigenvalue weighted by Crippen LogP contribution is -1.97. The minimum absolute atomic E-state index is 0.394. The van der Waals surface area contributed by atoms with Crippen molar-refractivity contribution in [2.45, 2.75) is 19.8 Å². The Bertz CT molecular complexity index is 475. The van der Waals surface area contributed by atoms with Crippen LogP contribution in [0.4, 0.5) is 5.69 Å². The highest BCUT2D eigenvalue weighted by molar-refractivity contribution is 5.63. The fraction of sp³-hybridized carbons (Fsp3) is 0.214. The van der Waals surface area contributed by atoms with Gasteiger partial charge in [0.05, 0.1) is 5.69 Å². The minimum atomic E-state index is 0.394. The summed E-state index contributed by atoms with van der Waals surface area (Å²) >= 11 is 0. The zero-order chi connectivity index (χ0) is 11.5. The second kappa shape index (κ2) is 4.35. The van der Waals surface area contributed by atoms with E-state index in [2.05, 4.69) is 18.8 Å². The van der Waals surface area contributed by atoms with E-state index in [-0.39, 0.29) is 0 Å². The summed E-state index contributed by atoms with van der Waals surface area (Å²) in [5.74, 6) is 0.394. The number of hydrogen-bond donors (Lipinski definition) is 1. The molecule has 2 N–H and O–H groups in total. The lowest BCUT2D eigenvalue weighted by Gasteiger charge is -2.09. The van der Waals surface area contributed by atoms with E-state index in [4.69, 9.17) is 5.73 Å². The van der Waals surface area contributed by atoms with Crippen molar-refractivity contribution in [3.05, 3.63) is 48.2 Å². The van der Waals surface area contributed by atoms with Crippen LogP contribution in [-0.2, 0) is 0 Å². The first-order valence-electron chi connectivity index (χ1n) is 5.49. The van der Waals surface area contributed by atoms with Gasteiger partial charge in [-0.1, -0.05) is 44.2 Å². The van der Waals surface area contributed by atoms with E-state index in [0.717, 1.165) is 22.6 Å². The maximum atomic E-state index is 5.89. The molecule has 1 heterocycles. The number of anilines is 1. The Kier molecular flexibility index (Phi) is 2.91. The van der Waals surface area contributed by atoms with Gasteiger partial charge >= 0.3 is 0 Å². The fourth-order valence-corrected chi connectivity index (χ4v) is 1.63. The fourth-order valence-electron chi connectivity index (χ4n) is 1.63. The molecule has 1 aromatic carbocycles. The second-order valence-corrected chi connectivity index (χ2v) is 4.23. The van der Waals surface area contributed by atoms with Gasteiger partial charge in [-0.2, -0.15) is 0 Å². The van der Waals surface area contributed by atoms with E-state index in [9.17, 15) is 0 Å². The third-order valence-electron chi connectivity index (χ3n) is 2.53. The number of aromatic nitrogens is 1. The minimum Gasteiger partial charge on any atom is -0.399 e. The average Bonchev–Trinajstić information content (AvgIpc) is 2.29. The van der Waals surface area contributed by atoms with E-state index in [0.29, 0.717) is 5.92 Å². The lowest BCUT2D eigenvalue weighted by molar-refractivity contribution is 0.825. The summed E-state index contributed by atoms with van der Waals surface area (Å²) < 4.78 is 0. The molecular weight excluding hydrogens is 196 g/mol. The molecule has 16 heavy (non-hydrogen) atoms. The third-order valence-corrected chi connectivity index (χ3v) is 2.53. The van der Waals surface area contributed by atoms with Gasteiger partial charge in [-0.15, -0.1) is 0 Å². The van der Waals surface area contributed by atoms with Crippen molar-refractivity contribution in [2.24, 2.45) is 0 Å². The summed E-state index contributed by atoms with van der Waals surface area (Å²) in [7, 11) is 0. The number of pyridine rings is 1. The predicted octanol–water partition coefficient (Wildman–Crippen LogP) is 3.45. The van der Waals surface area contributed by atoms with Gasteiger partial charge < -0.3 is 5.73 Å². The maximum Gasteiger partial charge on any atom is 0.0725 e. The molecule has 0 radical (unpaired) electrons. The molecular formula is C14H16N2. The van der Waals surface area contributed by atoms with E-state index in [1.54, 1.807) is 0 Å². The van der Waals surface area contributed by atoms with Crippen LogP contribution in [0.25, 0.3) is 11.3 Å². The summed E-state index contributed by atoms with van der Waals surface area (Å²) in [5.41, 5.74) is 9.77. The second-order valence-electron chi connectivity index (χ2n) is 4.23. The molecule has 1 aromatic heterocycles. The van der Waals surface area contributed by atoms with Gasteiger partial charge in [0, 0.05) is 16.9 Å². The molecule has 82 valence electrons. The Hall–Kier alpha value is -1.83. The molecule has 0 aliphatic rings. The molecule has 0 bridgehead atoms. The number of benzene rings is 1. The zero-order valence-electron chi connectivity index (χ0n) is 9.64. The van der Waals surface area contributed by atoms with Crippen LogP contribution < -0.4 is 5.73 Å². The number of nitrogen functional groups attached to an aromatic ring is 1. The van der Waals surface area contributed by atoms with E-state index in [1.807, 2.05) is 42.5 Å². The molecule has 0 saturated carbocycles. The van der Waals surface area contributed by atoms with Crippen LogP contribution in [0.3, 0.4) is 0 Å². The zero-order valence-corrected chi connectivity index (χ0v) is 9.64. The predicted molar refractivity (Wildman–Crippen MR) is 68.2 cm³/mol. The maximum absolute atomic E-state index is 5.89. The Morgan fingerprint density at radius 3 is 2.38 bits per heavy atom. The quantitative estimate of drug-likeness (QED) is 0.828. The summed E-state index contributed by atoms with van der Waals surface area (Å²) in [5, 5.41) is 0. The summed E-state index contributed by atoms with van der Waals surface area (Å²) in [4.78, 5) is 4.62. The smallest absolute Gasteiger partial charge is 0.0725 e. The van der Waals surface area contributed by atoms with Crippen molar-refractivity contribution in [1.82, 2.24) is 4.98 Å². The first-order chi connectivity index (χ1) is 7.66. The molecule has 0 fully saturated rings. The molecule has 0 unspecified atom stereocenters. The highest BCUT2D eigenvalue weighted by atomic mass is 14.7. The third kappa shape index (κ3) is 2.22. The first-order valence-corrected chi connectivity index (χ1v) is 5.49. The van der Waals surface area contributed by atoms with Gasteiger partial charge in [0.25, 0.3) is 0 Å². The van der Waals surface area contributed by atoms with Crippen molar-refractivity contribution in [3.8, 4) is 11.3 Å². The van der Waals surface area contributed by atoms with Crippen molar-refractivity contribution >= 4 is 5.69 Å². The highest BCUT2D eigenvalue weighted by Gasteiger charge is 2.05. The lowest BCUT2D eigenvalue weighted by atomic mass is 10.1. The van der Waals surface area contributed by atoms with Crippen molar-refractivity contribution < 1.29 is 0 Å². The van der Waals surface area contributed by atoms with Gasteiger partial charge in [-0.3, -0.25) is 4.98 Å². The Labute approximate surface area is 96.1 Å². The van der Waals surface area contributed by atoms with Gasteiger partial charge in [0.2, 0.25) is 0 Å². The Balaban J connectivity index is 2.50. The molecule has 0 saturated heterocycles. The van der Waals surface area contributed by atoms with Crippen LogP contribution in [0.2, 0.25) is 0 Å². The molecule has 0 aliphatic carbocycles. The molecule has 0 spiro atoms.